The lowest BCUT2D eigenvalue weighted by Crippen LogP contribution is -2.06. The quantitative estimate of drug-likeness (QED) is 0.645. The Balaban J connectivity index is 2.56. The number of rotatable bonds is 2. The van der Waals surface area contributed by atoms with Gasteiger partial charge in [-0.05, 0) is 65.2 Å². The van der Waals surface area contributed by atoms with E-state index >= 15 is 0 Å². The van der Waals surface area contributed by atoms with Gasteiger partial charge in [0.25, 0.3) is 0 Å². The van der Waals surface area contributed by atoms with Crippen molar-refractivity contribution >= 4 is 39.0 Å². The van der Waals surface area contributed by atoms with Crippen LogP contribution >= 0.6 is 27.5 Å². The lowest BCUT2D eigenvalue weighted by Gasteiger charge is -2.10. The number of hydrogen-bond donors (Lipinski definition) is 1. The molecule has 0 heterocycles. The van der Waals surface area contributed by atoms with Gasteiger partial charge in [-0.2, -0.15) is 0 Å². The highest BCUT2D eigenvalue weighted by molar-refractivity contribution is 9.10. The van der Waals surface area contributed by atoms with Crippen molar-refractivity contribution in [2.75, 3.05) is 5.73 Å². The normalized spacial score (nSPS) is 10.5. The van der Waals surface area contributed by atoms with Gasteiger partial charge in [-0.15, -0.1) is 0 Å². The van der Waals surface area contributed by atoms with Crippen molar-refractivity contribution in [1.82, 2.24) is 0 Å². The van der Waals surface area contributed by atoms with E-state index in [1.54, 1.807) is 18.2 Å². The molecule has 0 fully saturated rings. The number of aryl methyl sites for hydroxylation is 2. The van der Waals surface area contributed by atoms with Gasteiger partial charge in [-0.1, -0.05) is 17.7 Å². The summed E-state index contributed by atoms with van der Waals surface area (Å²) < 4.78 is 0.631. The molecule has 0 aliphatic heterocycles. The van der Waals surface area contributed by atoms with Crippen LogP contribution in [0, 0.1) is 13.8 Å². The molecule has 2 nitrogen and oxygen atoms in total. The summed E-state index contributed by atoms with van der Waals surface area (Å²) in [6.45, 7) is 3.76. The molecule has 0 aliphatic carbocycles. The molecule has 4 heteroatoms. The van der Waals surface area contributed by atoms with Crippen LogP contribution in [0.4, 0.5) is 5.69 Å². The Hall–Kier alpha value is -1.32. The average molecular weight is 339 g/mol. The van der Waals surface area contributed by atoms with E-state index in [0.717, 1.165) is 11.1 Å². The number of hydrogen-bond acceptors (Lipinski definition) is 2. The van der Waals surface area contributed by atoms with E-state index in [1.165, 1.54) is 0 Å². The number of nitrogens with two attached hydrogens (primary N) is 1. The van der Waals surface area contributed by atoms with Crippen LogP contribution in [0.5, 0.6) is 0 Å². The zero-order chi connectivity index (χ0) is 14.2. The maximum Gasteiger partial charge on any atom is 0.194 e. The Morgan fingerprint density at radius 2 is 1.84 bits per heavy atom. The summed E-state index contributed by atoms with van der Waals surface area (Å²) in [5.74, 6) is -0.0589. The number of nitrogen functional groups attached to an aromatic ring is 1. The van der Waals surface area contributed by atoms with Crippen molar-refractivity contribution in [2.24, 2.45) is 0 Å². The topological polar surface area (TPSA) is 43.1 Å². The molecular formula is C15H13BrClNO. The predicted molar refractivity (Wildman–Crippen MR) is 82.9 cm³/mol. The fourth-order valence-corrected chi connectivity index (χ4v) is 2.56. The highest BCUT2D eigenvalue weighted by atomic mass is 79.9. The molecule has 0 saturated heterocycles. The van der Waals surface area contributed by atoms with Crippen LogP contribution in [-0.2, 0) is 0 Å². The summed E-state index contributed by atoms with van der Waals surface area (Å²) in [5, 5.41) is 0.667. The van der Waals surface area contributed by atoms with E-state index in [-0.39, 0.29) is 5.78 Å². The second-order valence-corrected chi connectivity index (χ2v) is 5.65. The zero-order valence-corrected chi connectivity index (χ0v) is 13.0. The summed E-state index contributed by atoms with van der Waals surface area (Å²) in [7, 11) is 0. The maximum atomic E-state index is 12.6. The lowest BCUT2D eigenvalue weighted by molar-refractivity contribution is 0.103. The first-order valence-electron chi connectivity index (χ1n) is 5.77. The minimum Gasteiger partial charge on any atom is -0.398 e. The van der Waals surface area contributed by atoms with Crippen molar-refractivity contribution in [3.05, 3.63) is 62.1 Å². The number of benzene rings is 2. The first-order chi connectivity index (χ1) is 8.91. The van der Waals surface area contributed by atoms with Crippen molar-refractivity contribution < 1.29 is 4.79 Å². The van der Waals surface area contributed by atoms with Crippen LogP contribution in [0.2, 0.25) is 5.02 Å². The third-order valence-electron chi connectivity index (χ3n) is 3.02. The second-order valence-electron chi connectivity index (χ2n) is 4.45. The molecule has 2 N–H and O–H groups in total. The molecule has 2 aromatic carbocycles. The molecule has 0 bridgehead atoms. The van der Waals surface area contributed by atoms with E-state index in [9.17, 15) is 4.79 Å². The van der Waals surface area contributed by atoms with Crippen LogP contribution in [0.1, 0.15) is 27.0 Å². The Bertz CT molecular complexity index is 667. The van der Waals surface area contributed by atoms with Gasteiger partial charge in [0.1, 0.15) is 0 Å². The number of carbonyl (C=O) groups is 1. The predicted octanol–water partition coefficient (Wildman–Crippen LogP) is 4.53. The maximum absolute atomic E-state index is 12.6. The fourth-order valence-electron chi connectivity index (χ4n) is 1.90. The monoisotopic (exact) mass is 337 g/mol. The van der Waals surface area contributed by atoms with Crippen molar-refractivity contribution in [3.8, 4) is 0 Å². The SMILES string of the molecule is Cc1cc(C(=O)c2cccc(N)c2Br)c(C)cc1Cl. The summed E-state index contributed by atoms with van der Waals surface area (Å²) in [6.07, 6.45) is 0. The molecule has 19 heavy (non-hydrogen) atoms. The largest absolute Gasteiger partial charge is 0.398 e. The number of anilines is 1. The van der Waals surface area contributed by atoms with Crippen LogP contribution in [-0.4, -0.2) is 5.78 Å². The summed E-state index contributed by atoms with van der Waals surface area (Å²) >= 11 is 9.42. The highest BCUT2D eigenvalue weighted by Crippen LogP contribution is 2.28. The number of ketones is 1. The molecule has 2 aromatic rings. The van der Waals surface area contributed by atoms with E-state index in [2.05, 4.69) is 15.9 Å². The van der Waals surface area contributed by atoms with Gasteiger partial charge in [-0.25, -0.2) is 0 Å². The zero-order valence-electron chi connectivity index (χ0n) is 10.6. The van der Waals surface area contributed by atoms with Gasteiger partial charge in [0.15, 0.2) is 5.78 Å². The molecule has 0 saturated carbocycles. The minimum absolute atomic E-state index is 0.0589. The Morgan fingerprint density at radius 3 is 2.53 bits per heavy atom. The summed E-state index contributed by atoms with van der Waals surface area (Å²) in [4.78, 5) is 12.6. The Labute approximate surface area is 125 Å². The third-order valence-corrected chi connectivity index (χ3v) is 4.32. The average Bonchev–Trinajstić information content (AvgIpc) is 2.36. The molecular weight excluding hydrogens is 326 g/mol. The van der Waals surface area contributed by atoms with Crippen LogP contribution < -0.4 is 5.73 Å². The first-order valence-corrected chi connectivity index (χ1v) is 6.94. The van der Waals surface area contributed by atoms with Gasteiger partial charge in [-0.3, -0.25) is 4.79 Å². The first kappa shape index (κ1) is 14.1. The standard InChI is InChI=1S/C15H13BrClNO/c1-8-7-12(17)9(2)6-11(8)15(19)10-4-3-5-13(18)14(10)16/h3-7H,18H2,1-2H3. The lowest BCUT2D eigenvalue weighted by atomic mass is 9.97. The van der Waals surface area contributed by atoms with E-state index in [0.29, 0.717) is 26.3 Å². The van der Waals surface area contributed by atoms with Gasteiger partial charge in [0, 0.05) is 21.8 Å². The van der Waals surface area contributed by atoms with Crippen LogP contribution in [0.15, 0.2) is 34.8 Å². The molecule has 2 rings (SSSR count). The Kier molecular flexibility index (Phi) is 3.97. The molecule has 98 valence electrons. The third kappa shape index (κ3) is 2.67. The van der Waals surface area contributed by atoms with Crippen molar-refractivity contribution in [1.29, 1.82) is 0 Å². The molecule has 0 amide bonds. The second kappa shape index (κ2) is 5.35. The molecule has 0 aromatic heterocycles. The number of halogens is 2. The van der Waals surface area contributed by atoms with Gasteiger partial charge < -0.3 is 5.73 Å². The van der Waals surface area contributed by atoms with Crippen molar-refractivity contribution in [2.45, 2.75) is 13.8 Å². The molecule has 0 spiro atoms. The van der Waals surface area contributed by atoms with Gasteiger partial charge in [0.2, 0.25) is 0 Å². The Morgan fingerprint density at radius 1 is 1.16 bits per heavy atom. The number of carbonyl (C=O) groups excluding carboxylic acids is 1. The van der Waals surface area contributed by atoms with Crippen molar-refractivity contribution in [3.63, 3.8) is 0 Å². The van der Waals surface area contributed by atoms with Crippen LogP contribution in [0.3, 0.4) is 0 Å². The fraction of sp³-hybridized carbons (Fsp3) is 0.133. The summed E-state index contributed by atoms with van der Waals surface area (Å²) in [6, 6.07) is 8.90. The highest BCUT2D eigenvalue weighted by Gasteiger charge is 2.17. The molecule has 0 atom stereocenters. The smallest absolute Gasteiger partial charge is 0.194 e. The van der Waals surface area contributed by atoms with E-state index in [1.807, 2.05) is 26.0 Å². The van der Waals surface area contributed by atoms with Crippen LogP contribution in [0.25, 0.3) is 0 Å². The van der Waals surface area contributed by atoms with E-state index < -0.39 is 0 Å². The summed E-state index contributed by atoms with van der Waals surface area (Å²) in [5.41, 5.74) is 9.31. The minimum atomic E-state index is -0.0589. The van der Waals surface area contributed by atoms with E-state index in [4.69, 9.17) is 17.3 Å². The molecule has 0 radical (unpaired) electrons. The molecule has 0 aliphatic rings. The van der Waals surface area contributed by atoms with Gasteiger partial charge in [0.05, 0.1) is 4.47 Å². The molecule has 0 unspecified atom stereocenters. The van der Waals surface area contributed by atoms with Gasteiger partial charge >= 0.3 is 0 Å².